The lowest BCUT2D eigenvalue weighted by atomic mass is 9.82. The van der Waals surface area contributed by atoms with Gasteiger partial charge in [-0.1, -0.05) is 32.0 Å². The van der Waals surface area contributed by atoms with Crippen molar-refractivity contribution in [2.75, 3.05) is 19.7 Å². The Morgan fingerprint density at radius 2 is 2.05 bits per heavy atom. The van der Waals surface area contributed by atoms with Crippen LogP contribution in [0.15, 0.2) is 24.3 Å². The number of nitrogens with zero attached hydrogens (tertiary/aromatic N) is 1. The third kappa shape index (κ3) is 2.23. The third-order valence-corrected chi connectivity index (χ3v) is 5.54. The maximum atomic E-state index is 6.52. The van der Waals surface area contributed by atoms with E-state index in [0.29, 0.717) is 11.5 Å². The van der Waals surface area contributed by atoms with Crippen LogP contribution in [0, 0.1) is 5.41 Å². The molecule has 1 saturated heterocycles. The SMILES string of the molecule is CCC1(CC)CCN(C2COc3ccccc3C2N)C1. The molecule has 20 heavy (non-hydrogen) atoms. The summed E-state index contributed by atoms with van der Waals surface area (Å²) in [6.07, 6.45) is 3.82. The third-order valence-electron chi connectivity index (χ3n) is 5.54. The summed E-state index contributed by atoms with van der Waals surface area (Å²) in [5.74, 6) is 0.965. The lowest BCUT2D eigenvalue weighted by Gasteiger charge is -2.38. The number of hydrogen-bond acceptors (Lipinski definition) is 3. The maximum absolute atomic E-state index is 6.52. The quantitative estimate of drug-likeness (QED) is 0.921. The minimum atomic E-state index is 0.0736. The smallest absolute Gasteiger partial charge is 0.124 e. The zero-order valence-electron chi connectivity index (χ0n) is 12.6. The summed E-state index contributed by atoms with van der Waals surface area (Å²) in [5.41, 5.74) is 8.18. The van der Waals surface area contributed by atoms with Gasteiger partial charge in [-0.25, -0.2) is 0 Å². The van der Waals surface area contributed by atoms with Crippen LogP contribution in [0.5, 0.6) is 5.75 Å². The van der Waals surface area contributed by atoms with E-state index in [4.69, 9.17) is 10.5 Å². The molecule has 2 aliphatic heterocycles. The highest BCUT2D eigenvalue weighted by atomic mass is 16.5. The predicted molar refractivity (Wildman–Crippen MR) is 81.9 cm³/mol. The van der Waals surface area contributed by atoms with Crippen molar-refractivity contribution in [3.05, 3.63) is 29.8 Å². The van der Waals surface area contributed by atoms with Crippen molar-refractivity contribution in [3.63, 3.8) is 0 Å². The zero-order chi connectivity index (χ0) is 14.2. The van der Waals surface area contributed by atoms with Crippen LogP contribution in [0.4, 0.5) is 0 Å². The van der Waals surface area contributed by atoms with E-state index in [2.05, 4.69) is 30.9 Å². The fourth-order valence-corrected chi connectivity index (χ4v) is 3.79. The molecule has 2 heterocycles. The van der Waals surface area contributed by atoms with E-state index >= 15 is 0 Å². The van der Waals surface area contributed by atoms with Crippen molar-refractivity contribution in [1.29, 1.82) is 0 Å². The molecule has 1 aromatic rings. The van der Waals surface area contributed by atoms with Gasteiger partial charge in [0.2, 0.25) is 0 Å². The Morgan fingerprint density at radius 1 is 1.30 bits per heavy atom. The largest absolute Gasteiger partial charge is 0.492 e. The normalized spacial score (nSPS) is 28.9. The Bertz CT molecular complexity index is 470. The summed E-state index contributed by atoms with van der Waals surface area (Å²) in [6.45, 7) is 7.69. The molecule has 0 aromatic heterocycles. The Labute approximate surface area is 122 Å². The first-order valence-electron chi connectivity index (χ1n) is 7.90. The molecule has 3 heteroatoms. The molecule has 2 unspecified atom stereocenters. The summed E-state index contributed by atoms with van der Waals surface area (Å²) < 4.78 is 5.93. The van der Waals surface area contributed by atoms with Gasteiger partial charge in [0.25, 0.3) is 0 Å². The van der Waals surface area contributed by atoms with E-state index in [1.807, 2.05) is 12.1 Å². The number of rotatable bonds is 3. The highest BCUT2D eigenvalue weighted by Crippen LogP contribution is 2.41. The van der Waals surface area contributed by atoms with Crippen molar-refractivity contribution in [2.24, 2.45) is 11.1 Å². The minimum Gasteiger partial charge on any atom is -0.492 e. The van der Waals surface area contributed by atoms with E-state index in [1.165, 1.54) is 25.8 Å². The summed E-state index contributed by atoms with van der Waals surface area (Å²) >= 11 is 0. The molecule has 2 aliphatic rings. The lowest BCUT2D eigenvalue weighted by Crippen LogP contribution is -2.48. The van der Waals surface area contributed by atoms with Gasteiger partial charge in [-0.3, -0.25) is 4.90 Å². The summed E-state index contributed by atoms with van der Waals surface area (Å²) in [7, 11) is 0. The zero-order valence-corrected chi connectivity index (χ0v) is 12.6. The fraction of sp³-hybridized carbons (Fsp3) is 0.647. The summed E-state index contributed by atoms with van der Waals surface area (Å²) in [4.78, 5) is 2.56. The Morgan fingerprint density at radius 3 is 2.75 bits per heavy atom. The molecular formula is C17H26N2O. The number of likely N-dealkylation sites (tertiary alicyclic amines) is 1. The second-order valence-electron chi connectivity index (χ2n) is 6.37. The van der Waals surface area contributed by atoms with Crippen LogP contribution in [0.3, 0.4) is 0 Å². The second kappa shape index (κ2) is 5.38. The van der Waals surface area contributed by atoms with Crippen molar-refractivity contribution in [3.8, 4) is 5.75 Å². The highest BCUT2D eigenvalue weighted by molar-refractivity contribution is 5.38. The molecule has 0 spiro atoms. The van der Waals surface area contributed by atoms with Crippen LogP contribution in [0.2, 0.25) is 0 Å². The molecule has 0 bridgehead atoms. The van der Waals surface area contributed by atoms with Gasteiger partial charge in [0.1, 0.15) is 12.4 Å². The first kappa shape index (κ1) is 13.9. The Kier molecular flexibility index (Phi) is 3.74. The van der Waals surface area contributed by atoms with Crippen LogP contribution >= 0.6 is 0 Å². The summed E-state index contributed by atoms with van der Waals surface area (Å²) in [6, 6.07) is 8.60. The van der Waals surface area contributed by atoms with E-state index in [0.717, 1.165) is 24.5 Å². The monoisotopic (exact) mass is 274 g/mol. The van der Waals surface area contributed by atoms with E-state index < -0.39 is 0 Å². The Balaban J connectivity index is 1.77. The van der Waals surface area contributed by atoms with E-state index in [-0.39, 0.29) is 6.04 Å². The average molecular weight is 274 g/mol. The molecule has 0 amide bonds. The van der Waals surface area contributed by atoms with Gasteiger partial charge in [0.05, 0.1) is 12.1 Å². The molecular weight excluding hydrogens is 248 g/mol. The van der Waals surface area contributed by atoms with Gasteiger partial charge in [-0.2, -0.15) is 0 Å². The lowest BCUT2D eigenvalue weighted by molar-refractivity contribution is 0.104. The highest BCUT2D eigenvalue weighted by Gasteiger charge is 2.41. The average Bonchev–Trinajstić information content (AvgIpc) is 2.93. The van der Waals surface area contributed by atoms with E-state index in [9.17, 15) is 0 Å². The minimum absolute atomic E-state index is 0.0736. The van der Waals surface area contributed by atoms with Crippen molar-refractivity contribution < 1.29 is 4.74 Å². The first-order valence-corrected chi connectivity index (χ1v) is 7.90. The molecule has 0 saturated carbocycles. The first-order chi connectivity index (χ1) is 9.69. The van der Waals surface area contributed by atoms with Gasteiger partial charge < -0.3 is 10.5 Å². The van der Waals surface area contributed by atoms with Crippen molar-refractivity contribution in [2.45, 2.75) is 45.2 Å². The number of hydrogen-bond donors (Lipinski definition) is 1. The van der Waals surface area contributed by atoms with Crippen LogP contribution in [0.25, 0.3) is 0 Å². The number of para-hydroxylation sites is 1. The predicted octanol–water partition coefficient (Wildman–Crippen LogP) is 2.96. The van der Waals surface area contributed by atoms with Crippen LogP contribution in [-0.4, -0.2) is 30.6 Å². The van der Waals surface area contributed by atoms with Gasteiger partial charge in [-0.05, 0) is 37.3 Å². The fourth-order valence-electron chi connectivity index (χ4n) is 3.79. The summed E-state index contributed by atoms with van der Waals surface area (Å²) in [5, 5.41) is 0. The van der Waals surface area contributed by atoms with Crippen molar-refractivity contribution >= 4 is 0 Å². The standard InChI is InChI=1S/C17H26N2O/c1-3-17(4-2)9-10-19(12-17)14-11-20-15-8-6-5-7-13(15)16(14)18/h5-8,14,16H,3-4,9-12,18H2,1-2H3. The van der Waals surface area contributed by atoms with Gasteiger partial charge >= 0.3 is 0 Å². The second-order valence-corrected chi connectivity index (χ2v) is 6.37. The number of nitrogens with two attached hydrogens (primary N) is 1. The molecule has 110 valence electrons. The van der Waals surface area contributed by atoms with Crippen molar-refractivity contribution in [1.82, 2.24) is 4.90 Å². The van der Waals surface area contributed by atoms with Crippen LogP contribution in [0.1, 0.15) is 44.7 Å². The molecule has 1 aromatic carbocycles. The number of benzene rings is 1. The van der Waals surface area contributed by atoms with Crippen LogP contribution < -0.4 is 10.5 Å². The van der Waals surface area contributed by atoms with Gasteiger partial charge in [0, 0.05) is 12.1 Å². The van der Waals surface area contributed by atoms with Gasteiger partial charge in [0.15, 0.2) is 0 Å². The molecule has 2 atom stereocenters. The molecule has 0 radical (unpaired) electrons. The van der Waals surface area contributed by atoms with E-state index in [1.54, 1.807) is 0 Å². The maximum Gasteiger partial charge on any atom is 0.124 e. The topological polar surface area (TPSA) is 38.5 Å². The van der Waals surface area contributed by atoms with Crippen LogP contribution in [-0.2, 0) is 0 Å². The number of fused-ring (bicyclic) bond motifs is 1. The number of ether oxygens (including phenoxy) is 1. The molecule has 3 nitrogen and oxygen atoms in total. The van der Waals surface area contributed by atoms with Gasteiger partial charge in [-0.15, -0.1) is 0 Å². The molecule has 0 aliphatic carbocycles. The molecule has 3 rings (SSSR count). The molecule has 2 N–H and O–H groups in total. The Hall–Kier alpha value is -1.06. The molecule has 1 fully saturated rings.